The number of benzene rings is 2. The Bertz CT molecular complexity index is 900. The van der Waals surface area contributed by atoms with Crippen LogP contribution in [0, 0.1) is 0 Å². The molecule has 28 heavy (non-hydrogen) atoms. The molecule has 144 valence electrons. The van der Waals surface area contributed by atoms with Gasteiger partial charge in [-0.2, -0.15) is 0 Å². The molecule has 1 aromatic heterocycles. The number of nitrogens with one attached hydrogen (secondary N) is 1. The van der Waals surface area contributed by atoms with Crippen LogP contribution in [0.5, 0.6) is 11.6 Å². The third kappa shape index (κ3) is 5.62. The Kier molecular flexibility index (Phi) is 7.09. The Hall–Kier alpha value is -3.25. The highest BCUT2D eigenvalue weighted by molar-refractivity contribution is 5.95. The lowest BCUT2D eigenvalue weighted by atomic mass is 10.1. The number of hydrogen-bond acceptors (Lipinski definition) is 5. The van der Waals surface area contributed by atoms with Crippen LogP contribution in [0.4, 0.5) is 0 Å². The van der Waals surface area contributed by atoms with E-state index in [9.17, 15) is 4.79 Å². The lowest BCUT2D eigenvalue weighted by Crippen LogP contribution is -2.25. The van der Waals surface area contributed by atoms with Gasteiger partial charge >= 0.3 is 0 Å². The molecule has 6 nitrogen and oxygen atoms in total. The standard InChI is InChI=1S/C22H23N3O3/c1-2-27-13-7-12-23-22(26)18-9-6-8-17(14-18)20-15-21(25-16-24-20)28-19-10-4-3-5-11-19/h3-6,8-11,14-16H,2,7,12-13H2,1H3,(H,23,26). The van der Waals surface area contributed by atoms with Crippen LogP contribution in [0.2, 0.25) is 0 Å². The van der Waals surface area contributed by atoms with Gasteiger partial charge in [-0.05, 0) is 37.6 Å². The van der Waals surface area contributed by atoms with E-state index in [4.69, 9.17) is 9.47 Å². The second-order valence-electron chi connectivity index (χ2n) is 6.04. The molecule has 0 atom stereocenters. The maximum Gasteiger partial charge on any atom is 0.251 e. The van der Waals surface area contributed by atoms with Crippen LogP contribution in [-0.4, -0.2) is 35.6 Å². The number of para-hydroxylation sites is 1. The van der Waals surface area contributed by atoms with Crippen molar-refractivity contribution in [3.05, 3.63) is 72.6 Å². The summed E-state index contributed by atoms with van der Waals surface area (Å²) in [7, 11) is 0. The van der Waals surface area contributed by atoms with Crippen molar-refractivity contribution < 1.29 is 14.3 Å². The van der Waals surface area contributed by atoms with Gasteiger partial charge in [-0.15, -0.1) is 0 Å². The van der Waals surface area contributed by atoms with Crippen molar-refractivity contribution in [3.63, 3.8) is 0 Å². The van der Waals surface area contributed by atoms with E-state index in [0.717, 1.165) is 12.0 Å². The minimum Gasteiger partial charge on any atom is -0.439 e. The molecule has 0 unspecified atom stereocenters. The summed E-state index contributed by atoms with van der Waals surface area (Å²) in [4.78, 5) is 20.8. The van der Waals surface area contributed by atoms with E-state index in [1.165, 1.54) is 6.33 Å². The van der Waals surface area contributed by atoms with Crippen molar-refractivity contribution in [1.29, 1.82) is 0 Å². The molecule has 0 spiro atoms. The van der Waals surface area contributed by atoms with Gasteiger partial charge in [0.25, 0.3) is 5.91 Å². The lowest BCUT2D eigenvalue weighted by Gasteiger charge is -2.08. The molecule has 0 aliphatic heterocycles. The van der Waals surface area contributed by atoms with Crippen LogP contribution in [0.1, 0.15) is 23.7 Å². The van der Waals surface area contributed by atoms with Gasteiger partial charge in [0.1, 0.15) is 12.1 Å². The van der Waals surface area contributed by atoms with Gasteiger partial charge in [0, 0.05) is 37.0 Å². The molecule has 3 rings (SSSR count). The Morgan fingerprint density at radius 2 is 1.89 bits per heavy atom. The maximum atomic E-state index is 12.4. The predicted octanol–water partition coefficient (Wildman–Crippen LogP) is 4.09. The molecule has 2 aromatic carbocycles. The highest BCUT2D eigenvalue weighted by atomic mass is 16.5. The van der Waals surface area contributed by atoms with Gasteiger partial charge in [0.15, 0.2) is 0 Å². The van der Waals surface area contributed by atoms with E-state index in [1.54, 1.807) is 12.1 Å². The van der Waals surface area contributed by atoms with E-state index < -0.39 is 0 Å². The van der Waals surface area contributed by atoms with Crippen molar-refractivity contribution in [2.75, 3.05) is 19.8 Å². The molecular weight excluding hydrogens is 354 g/mol. The minimum absolute atomic E-state index is 0.117. The first kappa shape index (κ1) is 19.5. The van der Waals surface area contributed by atoms with Gasteiger partial charge in [-0.3, -0.25) is 4.79 Å². The zero-order valence-electron chi connectivity index (χ0n) is 15.8. The number of carbonyl (C=O) groups excluding carboxylic acids is 1. The first-order valence-corrected chi connectivity index (χ1v) is 9.27. The summed E-state index contributed by atoms with van der Waals surface area (Å²) in [5, 5.41) is 2.90. The number of carbonyl (C=O) groups is 1. The first-order valence-electron chi connectivity index (χ1n) is 9.27. The quantitative estimate of drug-likeness (QED) is 0.569. The largest absolute Gasteiger partial charge is 0.439 e. The fraction of sp³-hybridized carbons (Fsp3) is 0.227. The molecule has 0 radical (unpaired) electrons. The van der Waals surface area contributed by atoms with E-state index in [2.05, 4.69) is 15.3 Å². The van der Waals surface area contributed by atoms with E-state index in [1.807, 2.05) is 55.5 Å². The summed E-state index contributed by atoms with van der Waals surface area (Å²) in [6.45, 7) is 3.85. The molecule has 1 heterocycles. The van der Waals surface area contributed by atoms with Crippen LogP contribution in [-0.2, 0) is 4.74 Å². The fourth-order valence-corrected chi connectivity index (χ4v) is 2.60. The van der Waals surface area contributed by atoms with Gasteiger partial charge in [-0.25, -0.2) is 9.97 Å². The van der Waals surface area contributed by atoms with Gasteiger partial charge in [-0.1, -0.05) is 30.3 Å². The Morgan fingerprint density at radius 1 is 1.04 bits per heavy atom. The maximum absolute atomic E-state index is 12.4. The Morgan fingerprint density at radius 3 is 2.71 bits per heavy atom. The lowest BCUT2D eigenvalue weighted by molar-refractivity contribution is 0.0944. The molecule has 3 aromatic rings. The van der Waals surface area contributed by atoms with Crippen LogP contribution in [0.15, 0.2) is 67.0 Å². The molecule has 1 N–H and O–H groups in total. The third-order valence-corrected chi connectivity index (χ3v) is 3.98. The average Bonchev–Trinajstić information content (AvgIpc) is 2.74. The zero-order valence-corrected chi connectivity index (χ0v) is 15.8. The molecule has 0 aliphatic carbocycles. The summed E-state index contributed by atoms with van der Waals surface area (Å²) in [5.74, 6) is 1.03. The molecule has 0 saturated heterocycles. The van der Waals surface area contributed by atoms with Crippen molar-refractivity contribution in [2.45, 2.75) is 13.3 Å². The number of amides is 1. The molecule has 0 fully saturated rings. The molecule has 0 bridgehead atoms. The Labute approximate surface area is 164 Å². The second-order valence-corrected chi connectivity index (χ2v) is 6.04. The summed E-state index contributed by atoms with van der Waals surface area (Å²) < 4.78 is 11.0. The number of rotatable bonds is 9. The highest BCUT2D eigenvalue weighted by Gasteiger charge is 2.09. The van der Waals surface area contributed by atoms with E-state index in [-0.39, 0.29) is 5.91 Å². The van der Waals surface area contributed by atoms with Crippen molar-refractivity contribution in [1.82, 2.24) is 15.3 Å². The van der Waals surface area contributed by atoms with Gasteiger partial charge in [0.05, 0.1) is 5.69 Å². The van der Waals surface area contributed by atoms with Gasteiger partial charge < -0.3 is 14.8 Å². The van der Waals surface area contributed by atoms with Gasteiger partial charge in [0.2, 0.25) is 5.88 Å². The average molecular weight is 377 g/mol. The summed E-state index contributed by atoms with van der Waals surface area (Å²) in [5.41, 5.74) is 2.09. The minimum atomic E-state index is -0.117. The Balaban J connectivity index is 1.68. The van der Waals surface area contributed by atoms with Crippen molar-refractivity contribution in [2.24, 2.45) is 0 Å². The smallest absolute Gasteiger partial charge is 0.251 e. The molecular formula is C22H23N3O3. The second kappa shape index (κ2) is 10.2. The first-order chi connectivity index (χ1) is 13.8. The summed E-state index contributed by atoms with van der Waals surface area (Å²) in [6, 6.07) is 18.5. The van der Waals surface area contributed by atoms with E-state index in [0.29, 0.717) is 42.6 Å². The SMILES string of the molecule is CCOCCCNC(=O)c1cccc(-c2cc(Oc3ccccc3)ncn2)c1. The van der Waals surface area contributed by atoms with Crippen LogP contribution in [0.25, 0.3) is 11.3 Å². The molecule has 0 saturated carbocycles. The summed E-state index contributed by atoms with van der Waals surface area (Å²) >= 11 is 0. The zero-order chi connectivity index (χ0) is 19.6. The van der Waals surface area contributed by atoms with Crippen LogP contribution < -0.4 is 10.1 Å². The number of aromatic nitrogens is 2. The van der Waals surface area contributed by atoms with Crippen LogP contribution in [0.3, 0.4) is 0 Å². The third-order valence-electron chi connectivity index (χ3n) is 3.98. The van der Waals surface area contributed by atoms with Crippen molar-refractivity contribution >= 4 is 5.91 Å². The van der Waals surface area contributed by atoms with Crippen molar-refractivity contribution in [3.8, 4) is 22.9 Å². The normalized spacial score (nSPS) is 10.5. The van der Waals surface area contributed by atoms with Crippen LogP contribution >= 0.6 is 0 Å². The monoisotopic (exact) mass is 377 g/mol. The van der Waals surface area contributed by atoms with E-state index >= 15 is 0 Å². The highest BCUT2D eigenvalue weighted by Crippen LogP contribution is 2.24. The summed E-state index contributed by atoms with van der Waals surface area (Å²) in [6.07, 6.45) is 2.24. The number of ether oxygens (including phenoxy) is 2. The fourth-order valence-electron chi connectivity index (χ4n) is 2.60. The topological polar surface area (TPSA) is 73.3 Å². The molecule has 0 aliphatic rings. The molecule has 1 amide bonds. The molecule has 6 heteroatoms. The number of nitrogens with zero attached hydrogens (tertiary/aromatic N) is 2. The predicted molar refractivity (Wildman–Crippen MR) is 107 cm³/mol. The number of hydrogen-bond donors (Lipinski definition) is 1.